The first-order valence-electron chi connectivity index (χ1n) is 8.03. The summed E-state index contributed by atoms with van der Waals surface area (Å²) in [4.78, 5) is 13.7. The van der Waals surface area contributed by atoms with Crippen LogP contribution in [0.5, 0.6) is 5.75 Å². The van der Waals surface area contributed by atoms with Gasteiger partial charge in [-0.3, -0.25) is 9.36 Å². The summed E-state index contributed by atoms with van der Waals surface area (Å²) in [6.45, 7) is 4.74. The smallest absolute Gasteiger partial charge is 0.232 e. The number of thioether (sulfide) groups is 1. The second kappa shape index (κ2) is 9.63. The van der Waals surface area contributed by atoms with Crippen molar-refractivity contribution in [3.8, 4) is 23.2 Å². The van der Waals surface area contributed by atoms with E-state index in [1.54, 1.807) is 25.1 Å². The highest BCUT2D eigenvalue weighted by Gasteiger charge is 2.16. The lowest BCUT2D eigenvalue weighted by Crippen LogP contribution is -2.29. The quantitative estimate of drug-likeness (QED) is 0.498. The minimum atomic E-state index is -0.0515. The third-order valence-corrected chi connectivity index (χ3v) is 4.64. The Morgan fingerprint density at radius 3 is 2.77 bits per heavy atom. The molecule has 0 saturated heterocycles. The van der Waals surface area contributed by atoms with E-state index >= 15 is 0 Å². The maximum atomic E-state index is 12.1. The summed E-state index contributed by atoms with van der Waals surface area (Å²) in [5.41, 5.74) is 0.907. The van der Waals surface area contributed by atoms with Gasteiger partial charge >= 0.3 is 0 Å². The van der Waals surface area contributed by atoms with E-state index in [-0.39, 0.29) is 11.7 Å². The molecular formula is C18H21N5O2S. The Labute approximate surface area is 157 Å². The highest BCUT2D eigenvalue weighted by atomic mass is 32.2. The number of rotatable bonds is 9. The number of aromatic nitrogens is 3. The molecule has 2 rings (SSSR count). The molecule has 8 heteroatoms. The van der Waals surface area contributed by atoms with Crippen molar-refractivity contribution in [1.82, 2.24) is 19.7 Å². The summed E-state index contributed by atoms with van der Waals surface area (Å²) in [5, 5.41) is 17.8. The first-order chi connectivity index (χ1) is 12.6. The molecule has 0 aliphatic heterocycles. The number of nitrogens with zero attached hydrogens (tertiary/aromatic N) is 5. The molecule has 7 nitrogen and oxygen atoms in total. The zero-order valence-electron chi connectivity index (χ0n) is 14.9. The largest absolute Gasteiger partial charge is 0.497 e. The molecule has 1 aromatic carbocycles. The predicted octanol–water partition coefficient (Wildman–Crippen LogP) is 2.60. The molecule has 1 aromatic heterocycles. The number of allylic oxidation sites excluding steroid dienone is 1. The van der Waals surface area contributed by atoms with Crippen molar-refractivity contribution < 1.29 is 9.53 Å². The minimum absolute atomic E-state index is 0.0515. The monoisotopic (exact) mass is 371 g/mol. The van der Waals surface area contributed by atoms with Crippen molar-refractivity contribution in [3.63, 3.8) is 0 Å². The van der Waals surface area contributed by atoms with E-state index in [2.05, 4.69) is 16.8 Å². The molecule has 2 aromatic rings. The van der Waals surface area contributed by atoms with E-state index in [1.165, 1.54) is 11.8 Å². The van der Waals surface area contributed by atoms with Gasteiger partial charge in [0.15, 0.2) is 11.0 Å². The third kappa shape index (κ3) is 4.86. The Balaban J connectivity index is 2.14. The summed E-state index contributed by atoms with van der Waals surface area (Å²) < 4.78 is 7.10. The second-order valence-corrected chi connectivity index (χ2v) is 6.39. The SMILES string of the molecule is C=CCn1c(SCC(=O)N(C)CCC#N)nnc1-c1ccc(OC)cc1. The number of carbonyl (C=O) groups excluding carboxylic acids is 1. The zero-order chi connectivity index (χ0) is 18.9. The highest BCUT2D eigenvalue weighted by Crippen LogP contribution is 2.25. The average molecular weight is 371 g/mol. The van der Waals surface area contributed by atoms with Crippen LogP contribution in [0, 0.1) is 11.3 Å². The number of ether oxygens (including phenoxy) is 1. The standard InChI is InChI=1S/C18H21N5O2S/c1-4-11-23-17(14-6-8-15(25-3)9-7-14)20-21-18(23)26-13-16(24)22(2)12-5-10-19/h4,6-9H,1,5,11-13H2,2-3H3. The van der Waals surface area contributed by atoms with Crippen LogP contribution in [0.4, 0.5) is 0 Å². The van der Waals surface area contributed by atoms with Gasteiger partial charge in [0, 0.05) is 25.7 Å². The number of amides is 1. The summed E-state index contributed by atoms with van der Waals surface area (Å²) in [6, 6.07) is 9.59. The number of methoxy groups -OCH3 is 1. The van der Waals surface area contributed by atoms with Crippen molar-refractivity contribution >= 4 is 17.7 Å². The van der Waals surface area contributed by atoms with Gasteiger partial charge in [0.2, 0.25) is 5.91 Å². The molecule has 0 bridgehead atoms. The molecule has 26 heavy (non-hydrogen) atoms. The van der Waals surface area contributed by atoms with Gasteiger partial charge in [0.25, 0.3) is 0 Å². The Bertz CT molecular complexity index is 795. The molecule has 0 spiro atoms. The summed E-state index contributed by atoms with van der Waals surface area (Å²) in [6.07, 6.45) is 2.09. The Morgan fingerprint density at radius 1 is 1.42 bits per heavy atom. The van der Waals surface area contributed by atoms with Gasteiger partial charge in [-0.25, -0.2) is 0 Å². The maximum absolute atomic E-state index is 12.1. The van der Waals surface area contributed by atoms with Crippen LogP contribution in [0.1, 0.15) is 6.42 Å². The second-order valence-electron chi connectivity index (χ2n) is 5.45. The van der Waals surface area contributed by atoms with E-state index in [0.29, 0.717) is 30.5 Å². The van der Waals surface area contributed by atoms with Gasteiger partial charge in [0.05, 0.1) is 25.4 Å². The molecule has 136 valence electrons. The Morgan fingerprint density at radius 2 is 2.15 bits per heavy atom. The number of nitriles is 1. The third-order valence-electron chi connectivity index (χ3n) is 3.69. The average Bonchev–Trinajstić information content (AvgIpc) is 3.07. The molecule has 0 fully saturated rings. The van der Waals surface area contributed by atoms with Gasteiger partial charge in [-0.15, -0.1) is 16.8 Å². The lowest BCUT2D eigenvalue weighted by atomic mass is 10.2. The van der Waals surface area contributed by atoms with Crippen molar-refractivity contribution in [1.29, 1.82) is 5.26 Å². The molecule has 0 aliphatic rings. The molecule has 0 saturated carbocycles. The predicted molar refractivity (Wildman–Crippen MR) is 101 cm³/mol. The summed E-state index contributed by atoms with van der Waals surface area (Å²) in [7, 11) is 3.31. The fraction of sp³-hybridized carbons (Fsp3) is 0.333. The fourth-order valence-electron chi connectivity index (χ4n) is 2.22. The minimum Gasteiger partial charge on any atom is -0.497 e. The van der Waals surface area contributed by atoms with Gasteiger partial charge in [0.1, 0.15) is 5.75 Å². The van der Waals surface area contributed by atoms with Gasteiger partial charge in [-0.05, 0) is 24.3 Å². The maximum Gasteiger partial charge on any atom is 0.232 e. The van der Waals surface area contributed by atoms with Crippen LogP contribution in [0.15, 0.2) is 42.1 Å². The van der Waals surface area contributed by atoms with Gasteiger partial charge in [-0.1, -0.05) is 17.8 Å². The van der Waals surface area contributed by atoms with Crippen LogP contribution in [-0.4, -0.2) is 52.0 Å². The van der Waals surface area contributed by atoms with E-state index in [9.17, 15) is 4.79 Å². The number of benzene rings is 1. The van der Waals surface area contributed by atoms with Crippen molar-refractivity contribution in [2.24, 2.45) is 0 Å². The number of carbonyl (C=O) groups is 1. The van der Waals surface area contributed by atoms with Crippen molar-refractivity contribution in [3.05, 3.63) is 36.9 Å². The van der Waals surface area contributed by atoms with Gasteiger partial charge < -0.3 is 9.64 Å². The first-order valence-corrected chi connectivity index (χ1v) is 9.01. The molecule has 0 unspecified atom stereocenters. The highest BCUT2D eigenvalue weighted by molar-refractivity contribution is 7.99. The van der Waals surface area contributed by atoms with E-state index in [1.807, 2.05) is 34.9 Å². The van der Waals surface area contributed by atoms with Crippen LogP contribution in [0.3, 0.4) is 0 Å². The van der Waals surface area contributed by atoms with Crippen molar-refractivity contribution in [2.45, 2.75) is 18.1 Å². The lowest BCUT2D eigenvalue weighted by Gasteiger charge is -2.15. The summed E-state index contributed by atoms with van der Waals surface area (Å²) >= 11 is 1.32. The molecule has 1 amide bonds. The number of hydrogen-bond acceptors (Lipinski definition) is 6. The normalized spacial score (nSPS) is 10.2. The van der Waals surface area contributed by atoms with Crippen LogP contribution >= 0.6 is 11.8 Å². The molecule has 0 N–H and O–H groups in total. The number of hydrogen-bond donors (Lipinski definition) is 0. The van der Waals surface area contributed by atoms with Crippen molar-refractivity contribution in [2.75, 3.05) is 26.5 Å². The molecule has 1 heterocycles. The topological polar surface area (TPSA) is 84.0 Å². The van der Waals surface area contributed by atoms with E-state index in [0.717, 1.165) is 11.3 Å². The van der Waals surface area contributed by atoms with E-state index in [4.69, 9.17) is 10.00 Å². The molecule has 0 aliphatic carbocycles. The fourth-order valence-corrected chi connectivity index (χ4v) is 3.11. The summed E-state index contributed by atoms with van der Waals surface area (Å²) in [5.74, 6) is 1.66. The lowest BCUT2D eigenvalue weighted by molar-refractivity contribution is -0.127. The van der Waals surface area contributed by atoms with Crippen LogP contribution < -0.4 is 4.74 Å². The molecule has 0 atom stereocenters. The first kappa shape index (κ1) is 19.5. The zero-order valence-corrected chi connectivity index (χ0v) is 15.7. The van der Waals surface area contributed by atoms with E-state index < -0.39 is 0 Å². The molecular weight excluding hydrogens is 350 g/mol. The van der Waals surface area contributed by atoms with Crippen LogP contribution in [0.2, 0.25) is 0 Å². The van der Waals surface area contributed by atoms with Gasteiger partial charge in [-0.2, -0.15) is 5.26 Å². The molecule has 0 radical (unpaired) electrons. The van der Waals surface area contributed by atoms with Crippen LogP contribution in [-0.2, 0) is 11.3 Å². The Hall–Kier alpha value is -2.79. The van der Waals surface area contributed by atoms with Crippen LogP contribution in [0.25, 0.3) is 11.4 Å². The Kier molecular flexibility index (Phi) is 7.24.